The van der Waals surface area contributed by atoms with Gasteiger partial charge in [-0.25, -0.2) is 18.1 Å². The van der Waals surface area contributed by atoms with Crippen LogP contribution in [-0.2, 0) is 23.2 Å². The molecule has 0 unspecified atom stereocenters. The van der Waals surface area contributed by atoms with Crippen molar-refractivity contribution >= 4 is 38.1 Å². The van der Waals surface area contributed by atoms with Crippen molar-refractivity contribution in [2.45, 2.75) is 20.1 Å². The van der Waals surface area contributed by atoms with Crippen LogP contribution >= 0.6 is 11.3 Å². The van der Waals surface area contributed by atoms with Crippen molar-refractivity contribution in [2.75, 3.05) is 11.2 Å². The van der Waals surface area contributed by atoms with Gasteiger partial charge in [-0.3, -0.25) is 4.79 Å². The number of carbonyl (C=O) groups excluding carboxylic acids is 1. The molecular formula is C20H21N3O4S2. The number of hydrogen-bond donors (Lipinski definition) is 2. The first-order valence-electron chi connectivity index (χ1n) is 8.77. The number of nitrogens with one attached hydrogen (secondary N) is 1. The van der Waals surface area contributed by atoms with Gasteiger partial charge in [0.05, 0.1) is 19.4 Å². The number of anilines is 2. The zero-order valence-electron chi connectivity index (χ0n) is 16.0. The summed E-state index contributed by atoms with van der Waals surface area (Å²) in [6, 6.07) is 17.2. The smallest absolute Gasteiger partial charge is 0.284 e. The standard InChI is InChI=1S/C20H21N3O4S2/c1-14-18(19(25)22-29(2,26)27)21-20(28-14)23(12-15-7-4-3-5-8-15)17-10-6-9-16(11-17)13-24/h3-11,24H,12-13H2,1-2H3,(H,22,25). The second kappa shape index (κ2) is 8.73. The number of sulfonamides is 1. The zero-order valence-corrected chi connectivity index (χ0v) is 17.6. The molecule has 0 spiro atoms. The minimum absolute atomic E-state index is 0.0757. The van der Waals surface area contributed by atoms with Gasteiger partial charge in [-0.15, -0.1) is 11.3 Å². The number of aliphatic hydroxyl groups excluding tert-OH is 1. The van der Waals surface area contributed by atoms with Crippen LogP contribution in [-0.4, -0.2) is 30.7 Å². The fraction of sp³-hybridized carbons (Fsp3) is 0.200. The van der Waals surface area contributed by atoms with E-state index in [1.54, 1.807) is 6.92 Å². The highest BCUT2D eigenvalue weighted by molar-refractivity contribution is 7.89. The van der Waals surface area contributed by atoms with Gasteiger partial charge in [0.1, 0.15) is 5.69 Å². The molecule has 29 heavy (non-hydrogen) atoms. The van der Waals surface area contributed by atoms with Crippen molar-refractivity contribution in [3.8, 4) is 0 Å². The van der Waals surface area contributed by atoms with Gasteiger partial charge >= 0.3 is 0 Å². The molecule has 0 aliphatic rings. The van der Waals surface area contributed by atoms with E-state index >= 15 is 0 Å². The fourth-order valence-corrected chi connectivity index (χ4v) is 4.14. The normalized spacial score (nSPS) is 11.3. The quantitative estimate of drug-likeness (QED) is 0.597. The Balaban J connectivity index is 2.02. The maximum Gasteiger partial charge on any atom is 0.284 e. The highest BCUT2D eigenvalue weighted by atomic mass is 32.2. The number of rotatable bonds is 7. The lowest BCUT2D eigenvalue weighted by atomic mass is 10.1. The monoisotopic (exact) mass is 431 g/mol. The third-order valence-corrected chi connectivity index (χ3v) is 5.65. The van der Waals surface area contributed by atoms with Crippen molar-refractivity contribution < 1.29 is 18.3 Å². The number of aliphatic hydroxyl groups is 1. The summed E-state index contributed by atoms with van der Waals surface area (Å²) in [6.07, 6.45) is 0.926. The Bertz CT molecular complexity index is 1110. The first-order valence-corrected chi connectivity index (χ1v) is 11.5. The minimum Gasteiger partial charge on any atom is -0.392 e. The predicted molar refractivity (Wildman–Crippen MR) is 114 cm³/mol. The molecule has 1 aromatic heterocycles. The van der Waals surface area contributed by atoms with Crippen LogP contribution in [0.15, 0.2) is 54.6 Å². The molecule has 3 rings (SSSR count). The van der Waals surface area contributed by atoms with Crippen molar-refractivity contribution in [2.24, 2.45) is 0 Å². The van der Waals surface area contributed by atoms with Crippen LogP contribution in [0.25, 0.3) is 0 Å². The Morgan fingerprint density at radius 2 is 1.83 bits per heavy atom. The van der Waals surface area contributed by atoms with E-state index in [1.165, 1.54) is 11.3 Å². The van der Waals surface area contributed by atoms with Crippen LogP contribution in [0.2, 0.25) is 0 Å². The molecule has 7 nitrogen and oxygen atoms in total. The van der Waals surface area contributed by atoms with E-state index in [0.717, 1.165) is 23.1 Å². The molecule has 0 fully saturated rings. The number of amides is 1. The van der Waals surface area contributed by atoms with E-state index in [4.69, 9.17) is 0 Å². The second-order valence-corrected chi connectivity index (χ2v) is 9.43. The Morgan fingerprint density at radius 1 is 1.14 bits per heavy atom. The van der Waals surface area contributed by atoms with Gasteiger partial charge in [0.2, 0.25) is 10.0 Å². The number of aromatic nitrogens is 1. The van der Waals surface area contributed by atoms with E-state index in [2.05, 4.69) is 4.98 Å². The van der Waals surface area contributed by atoms with Gasteiger partial charge in [0, 0.05) is 10.6 Å². The average Bonchev–Trinajstić information content (AvgIpc) is 3.07. The van der Waals surface area contributed by atoms with Gasteiger partial charge in [0.15, 0.2) is 5.13 Å². The summed E-state index contributed by atoms with van der Waals surface area (Å²) in [5.41, 5.74) is 2.68. The molecule has 1 heterocycles. The maximum atomic E-state index is 12.3. The van der Waals surface area contributed by atoms with E-state index in [1.807, 2.05) is 64.2 Å². The van der Waals surface area contributed by atoms with E-state index < -0.39 is 15.9 Å². The second-order valence-electron chi connectivity index (χ2n) is 6.50. The van der Waals surface area contributed by atoms with E-state index in [-0.39, 0.29) is 12.3 Å². The van der Waals surface area contributed by atoms with Crippen molar-refractivity contribution in [3.63, 3.8) is 0 Å². The molecule has 2 N–H and O–H groups in total. The summed E-state index contributed by atoms with van der Waals surface area (Å²) < 4.78 is 24.8. The number of benzene rings is 2. The zero-order chi connectivity index (χ0) is 21.0. The summed E-state index contributed by atoms with van der Waals surface area (Å²) >= 11 is 1.30. The molecule has 0 atom stereocenters. The third kappa shape index (κ3) is 5.41. The largest absolute Gasteiger partial charge is 0.392 e. The molecule has 0 aliphatic heterocycles. The topological polar surface area (TPSA) is 99.6 Å². The molecule has 9 heteroatoms. The molecule has 0 saturated heterocycles. The SMILES string of the molecule is Cc1sc(N(Cc2ccccc2)c2cccc(CO)c2)nc1C(=O)NS(C)(=O)=O. The van der Waals surface area contributed by atoms with Gasteiger partial charge < -0.3 is 10.0 Å². The Morgan fingerprint density at radius 3 is 2.48 bits per heavy atom. The maximum absolute atomic E-state index is 12.3. The lowest BCUT2D eigenvalue weighted by Crippen LogP contribution is -2.30. The van der Waals surface area contributed by atoms with Gasteiger partial charge in [-0.05, 0) is 30.2 Å². The van der Waals surface area contributed by atoms with Crippen molar-refractivity contribution in [1.82, 2.24) is 9.71 Å². The summed E-state index contributed by atoms with van der Waals surface area (Å²) in [4.78, 5) is 19.3. The lowest BCUT2D eigenvalue weighted by molar-refractivity contribution is 0.0977. The third-order valence-electron chi connectivity index (χ3n) is 4.10. The molecule has 0 radical (unpaired) electrons. The number of thiazole rings is 1. The van der Waals surface area contributed by atoms with Gasteiger partial charge in [-0.1, -0.05) is 42.5 Å². The molecule has 0 saturated carbocycles. The molecule has 152 valence electrons. The van der Waals surface area contributed by atoms with Crippen molar-refractivity contribution in [3.05, 3.63) is 76.3 Å². The van der Waals surface area contributed by atoms with E-state index in [0.29, 0.717) is 16.6 Å². The van der Waals surface area contributed by atoms with Gasteiger partial charge in [-0.2, -0.15) is 0 Å². The molecule has 0 bridgehead atoms. The number of nitrogens with zero attached hydrogens (tertiary/aromatic N) is 2. The van der Waals surface area contributed by atoms with Crippen molar-refractivity contribution in [1.29, 1.82) is 0 Å². The Labute approximate surface area is 173 Å². The molecule has 2 aromatic carbocycles. The van der Waals surface area contributed by atoms with Crippen LogP contribution in [0.1, 0.15) is 26.5 Å². The van der Waals surface area contributed by atoms with Crippen LogP contribution in [0.4, 0.5) is 10.8 Å². The summed E-state index contributed by atoms with van der Waals surface area (Å²) in [6.45, 7) is 2.13. The summed E-state index contributed by atoms with van der Waals surface area (Å²) in [5.74, 6) is -0.753. The minimum atomic E-state index is -3.69. The number of hydrogen-bond acceptors (Lipinski definition) is 7. The molecule has 0 aliphatic carbocycles. The molecule has 1 amide bonds. The van der Waals surface area contributed by atoms with Gasteiger partial charge in [0.25, 0.3) is 5.91 Å². The van der Waals surface area contributed by atoms with E-state index in [9.17, 15) is 18.3 Å². The first-order chi connectivity index (χ1) is 13.8. The fourth-order valence-electron chi connectivity index (χ4n) is 2.78. The average molecular weight is 432 g/mol. The Hall–Kier alpha value is -2.75. The highest BCUT2D eigenvalue weighted by Crippen LogP contribution is 2.33. The first kappa shape index (κ1) is 21.0. The molecule has 3 aromatic rings. The predicted octanol–water partition coefficient (Wildman–Crippen LogP) is 2.97. The van der Waals surface area contributed by atoms with Crippen LogP contribution in [0, 0.1) is 6.92 Å². The number of carbonyl (C=O) groups is 1. The highest BCUT2D eigenvalue weighted by Gasteiger charge is 2.22. The Kier molecular flexibility index (Phi) is 6.31. The molecular weight excluding hydrogens is 410 g/mol. The van der Waals surface area contributed by atoms with Crippen LogP contribution < -0.4 is 9.62 Å². The van der Waals surface area contributed by atoms with Crippen LogP contribution in [0.3, 0.4) is 0 Å². The number of aryl methyl sites for hydroxylation is 1. The lowest BCUT2D eigenvalue weighted by Gasteiger charge is -2.22. The van der Waals surface area contributed by atoms with Crippen LogP contribution in [0.5, 0.6) is 0 Å². The summed E-state index contributed by atoms with van der Waals surface area (Å²) in [5, 5.41) is 10.0. The summed E-state index contributed by atoms with van der Waals surface area (Å²) in [7, 11) is -3.69.